The summed E-state index contributed by atoms with van der Waals surface area (Å²) in [5.74, 6) is 1.33. The fourth-order valence-electron chi connectivity index (χ4n) is 3.06. The number of nitrogens with one attached hydrogen (secondary N) is 1. The van der Waals surface area contributed by atoms with Crippen molar-refractivity contribution in [1.82, 2.24) is 4.98 Å². The molecule has 0 atom stereocenters. The first-order chi connectivity index (χ1) is 9.02. The molecule has 0 spiro atoms. The van der Waals surface area contributed by atoms with Crippen LogP contribution in [0.3, 0.4) is 0 Å². The zero-order valence-electron chi connectivity index (χ0n) is 11.6. The van der Waals surface area contributed by atoms with Crippen LogP contribution in [0.25, 0.3) is 0 Å². The third kappa shape index (κ3) is 3.56. The van der Waals surface area contributed by atoms with Gasteiger partial charge in [0.1, 0.15) is 5.82 Å². The summed E-state index contributed by atoms with van der Waals surface area (Å²) >= 11 is 3.35. The van der Waals surface area contributed by atoms with Gasteiger partial charge in [-0.3, -0.25) is 4.79 Å². The number of nitrogens with zero attached hydrogens (tertiary/aromatic N) is 1. The first-order valence-corrected chi connectivity index (χ1v) is 7.74. The molecule has 1 amide bonds. The Bertz CT molecular complexity index is 436. The smallest absolute Gasteiger partial charge is 0.231 e. The summed E-state index contributed by atoms with van der Waals surface area (Å²) in [5.41, 5.74) is -0.178. The number of pyridine rings is 1. The second-order valence-electron chi connectivity index (χ2n) is 5.90. The van der Waals surface area contributed by atoms with Crippen LogP contribution in [0.2, 0.25) is 0 Å². The van der Waals surface area contributed by atoms with Gasteiger partial charge in [0.05, 0.1) is 0 Å². The molecule has 3 nitrogen and oxygen atoms in total. The molecule has 0 bridgehead atoms. The maximum absolute atomic E-state index is 12.6. The molecule has 1 fully saturated rings. The van der Waals surface area contributed by atoms with Crippen LogP contribution in [0.15, 0.2) is 22.8 Å². The average Bonchev–Trinajstić information content (AvgIpc) is 2.81. The van der Waals surface area contributed by atoms with E-state index >= 15 is 0 Å². The van der Waals surface area contributed by atoms with Crippen molar-refractivity contribution in [3.8, 4) is 0 Å². The van der Waals surface area contributed by atoms with Gasteiger partial charge in [0.15, 0.2) is 0 Å². The Balaban J connectivity index is 2.09. The highest BCUT2D eigenvalue weighted by atomic mass is 79.9. The van der Waals surface area contributed by atoms with Crippen molar-refractivity contribution in [1.29, 1.82) is 0 Å². The minimum Gasteiger partial charge on any atom is -0.310 e. The number of carbonyl (C=O) groups excluding carboxylic acids is 1. The number of aromatic nitrogens is 1. The van der Waals surface area contributed by atoms with Crippen LogP contribution in [0, 0.1) is 11.3 Å². The Labute approximate surface area is 123 Å². The van der Waals surface area contributed by atoms with Crippen molar-refractivity contribution < 1.29 is 4.79 Å². The number of anilines is 1. The highest BCUT2D eigenvalue weighted by Crippen LogP contribution is 2.43. The van der Waals surface area contributed by atoms with E-state index in [-0.39, 0.29) is 11.3 Å². The van der Waals surface area contributed by atoms with Gasteiger partial charge in [-0.15, -0.1) is 0 Å². The van der Waals surface area contributed by atoms with Gasteiger partial charge in [-0.05, 0) is 53.2 Å². The third-order valence-electron chi connectivity index (χ3n) is 3.81. The first-order valence-electron chi connectivity index (χ1n) is 6.95. The number of carbonyl (C=O) groups is 1. The number of rotatable bonds is 4. The Morgan fingerprint density at radius 2 is 2.11 bits per heavy atom. The van der Waals surface area contributed by atoms with Crippen LogP contribution in [0.1, 0.15) is 46.0 Å². The number of amides is 1. The minimum absolute atomic E-state index is 0.147. The van der Waals surface area contributed by atoms with E-state index in [2.05, 4.69) is 40.1 Å². The number of halogens is 1. The van der Waals surface area contributed by atoms with Gasteiger partial charge in [0.25, 0.3) is 0 Å². The molecule has 0 radical (unpaired) electrons. The van der Waals surface area contributed by atoms with Gasteiger partial charge in [-0.2, -0.15) is 0 Å². The van der Waals surface area contributed by atoms with Crippen molar-refractivity contribution in [2.45, 2.75) is 46.0 Å². The quantitative estimate of drug-likeness (QED) is 0.892. The maximum atomic E-state index is 12.6. The van der Waals surface area contributed by atoms with Crippen LogP contribution >= 0.6 is 15.9 Å². The van der Waals surface area contributed by atoms with E-state index in [1.165, 1.54) is 0 Å². The number of hydrogen-bond donors (Lipinski definition) is 1. The normalized spacial score (nSPS) is 17.7. The molecular formula is C15H21BrN2O. The molecule has 0 aliphatic heterocycles. The van der Waals surface area contributed by atoms with Gasteiger partial charge in [0.2, 0.25) is 5.91 Å². The van der Waals surface area contributed by atoms with Crippen LogP contribution in [0.5, 0.6) is 0 Å². The minimum atomic E-state index is -0.178. The molecular weight excluding hydrogens is 304 g/mol. The van der Waals surface area contributed by atoms with Crippen molar-refractivity contribution >= 4 is 27.7 Å². The van der Waals surface area contributed by atoms with Gasteiger partial charge < -0.3 is 5.32 Å². The summed E-state index contributed by atoms with van der Waals surface area (Å²) in [6.45, 7) is 4.37. The Hall–Kier alpha value is -0.900. The fraction of sp³-hybridized carbons (Fsp3) is 0.600. The van der Waals surface area contributed by atoms with E-state index < -0.39 is 0 Å². The monoisotopic (exact) mass is 324 g/mol. The predicted octanol–water partition coefficient (Wildman–Crippen LogP) is 4.39. The Kier molecular flexibility index (Phi) is 4.61. The average molecular weight is 325 g/mol. The van der Waals surface area contributed by atoms with E-state index in [1.807, 2.05) is 12.1 Å². The van der Waals surface area contributed by atoms with Gasteiger partial charge in [0, 0.05) is 16.1 Å². The number of hydrogen-bond acceptors (Lipinski definition) is 2. The van der Waals surface area contributed by atoms with Crippen molar-refractivity contribution in [3.05, 3.63) is 22.8 Å². The molecule has 104 valence electrons. The standard InChI is InChI=1S/C15H21BrN2O/c1-11(2)9-15(7-3-4-8-15)14(19)18-13-6-5-12(16)10-17-13/h5-6,10-11H,3-4,7-9H2,1-2H3,(H,17,18,19). The lowest BCUT2D eigenvalue weighted by Gasteiger charge is -2.29. The van der Waals surface area contributed by atoms with E-state index in [0.29, 0.717) is 11.7 Å². The summed E-state index contributed by atoms with van der Waals surface area (Å²) in [6.07, 6.45) is 7.01. The van der Waals surface area contributed by atoms with Crippen LogP contribution in [-0.2, 0) is 4.79 Å². The molecule has 1 aromatic heterocycles. The molecule has 0 unspecified atom stereocenters. The van der Waals surface area contributed by atoms with E-state index in [0.717, 1.165) is 36.6 Å². The van der Waals surface area contributed by atoms with Crippen molar-refractivity contribution in [3.63, 3.8) is 0 Å². The molecule has 1 aromatic rings. The van der Waals surface area contributed by atoms with Crippen molar-refractivity contribution in [2.75, 3.05) is 5.32 Å². The molecule has 0 aromatic carbocycles. The van der Waals surface area contributed by atoms with Crippen molar-refractivity contribution in [2.24, 2.45) is 11.3 Å². The summed E-state index contributed by atoms with van der Waals surface area (Å²) in [6, 6.07) is 3.73. The van der Waals surface area contributed by atoms with E-state index in [1.54, 1.807) is 6.20 Å². The SMILES string of the molecule is CC(C)CC1(C(=O)Nc2ccc(Br)cn2)CCCC1. The zero-order chi connectivity index (χ0) is 13.9. The Morgan fingerprint density at radius 1 is 1.42 bits per heavy atom. The molecule has 19 heavy (non-hydrogen) atoms. The fourth-order valence-corrected chi connectivity index (χ4v) is 3.29. The first kappa shape index (κ1) is 14.5. The highest BCUT2D eigenvalue weighted by Gasteiger charge is 2.41. The molecule has 1 aliphatic carbocycles. The summed E-state index contributed by atoms with van der Waals surface area (Å²) < 4.78 is 0.920. The second-order valence-corrected chi connectivity index (χ2v) is 6.82. The Morgan fingerprint density at radius 3 is 2.63 bits per heavy atom. The molecule has 0 saturated heterocycles. The molecule has 1 heterocycles. The lowest BCUT2D eigenvalue weighted by atomic mass is 9.77. The molecule has 1 saturated carbocycles. The van der Waals surface area contributed by atoms with Gasteiger partial charge in [-0.1, -0.05) is 26.7 Å². The zero-order valence-corrected chi connectivity index (χ0v) is 13.2. The second kappa shape index (κ2) is 6.04. The van der Waals surface area contributed by atoms with Crippen LogP contribution in [0.4, 0.5) is 5.82 Å². The van der Waals surface area contributed by atoms with Crippen LogP contribution in [-0.4, -0.2) is 10.9 Å². The van der Waals surface area contributed by atoms with Crippen LogP contribution < -0.4 is 5.32 Å². The topological polar surface area (TPSA) is 42.0 Å². The predicted molar refractivity (Wildman–Crippen MR) is 80.9 cm³/mol. The lowest BCUT2D eigenvalue weighted by Crippen LogP contribution is -2.35. The summed E-state index contributed by atoms with van der Waals surface area (Å²) in [4.78, 5) is 16.8. The van der Waals surface area contributed by atoms with E-state index in [9.17, 15) is 4.79 Å². The maximum Gasteiger partial charge on any atom is 0.231 e. The van der Waals surface area contributed by atoms with Gasteiger partial charge >= 0.3 is 0 Å². The summed E-state index contributed by atoms with van der Waals surface area (Å²) in [5, 5.41) is 2.99. The molecule has 2 rings (SSSR count). The molecule has 1 aliphatic rings. The molecule has 4 heteroatoms. The third-order valence-corrected chi connectivity index (χ3v) is 4.28. The van der Waals surface area contributed by atoms with Gasteiger partial charge in [-0.25, -0.2) is 4.98 Å². The largest absolute Gasteiger partial charge is 0.310 e. The highest BCUT2D eigenvalue weighted by molar-refractivity contribution is 9.10. The lowest BCUT2D eigenvalue weighted by molar-refractivity contribution is -0.126. The molecule has 1 N–H and O–H groups in total. The summed E-state index contributed by atoms with van der Waals surface area (Å²) in [7, 11) is 0. The van der Waals surface area contributed by atoms with E-state index in [4.69, 9.17) is 0 Å².